The number of rotatable bonds is 4. The molecule has 0 heterocycles. The molecule has 1 aliphatic rings. The number of benzene rings is 1. The summed E-state index contributed by atoms with van der Waals surface area (Å²) in [6.45, 7) is -2.64. The van der Waals surface area contributed by atoms with Crippen molar-refractivity contribution in [1.29, 1.82) is 0 Å². The van der Waals surface area contributed by atoms with Gasteiger partial charge in [-0.25, -0.2) is 0 Å². The molecule has 6 heteroatoms. The zero-order valence-corrected chi connectivity index (χ0v) is 10.3. The van der Waals surface area contributed by atoms with E-state index in [-0.39, 0.29) is 12.3 Å². The number of aliphatic hydroxyl groups excluding tert-OH is 1. The summed E-state index contributed by atoms with van der Waals surface area (Å²) in [6.07, 6.45) is 0.416. The minimum Gasteiger partial charge on any atom is -0.435 e. The quantitative estimate of drug-likeness (QED) is 0.888. The lowest BCUT2D eigenvalue weighted by Crippen LogP contribution is -2.50. The van der Waals surface area contributed by atoms with E-state index >= 15 is 0 Å². The van der Waals surface area contributed by atoms with Crippen molar-refractivity contribution in [3.8, 4) is 5.75 Å². The van der Waals surface area contributed by atoms with Crippen molar-refractivity contribution in [3.63, 3.8) is 0 Å². The molecule has 100 valence electrons. The second kappa shape index (κ2) is 4.99. The molecular formula is C12H14ClF2NO2. The Hall–Kier alpha value is -0.910. The minimum atomic E-state index is -2.90. The first-order valence-corrected chi connectivity index (χ1v) is 5.97. The molecular weight excluding hydrogens is 264 g/mol. The van der Waals surface area contributed by atoms with Crippen molar-refractivity contribution in [2.75, 3.05) is 6.54 Å². The van der Waals surface area contributed by atoms with Gasteiger partial charge in [-0.3, -0.25) is 0 Å². The lowest BCUT2D eigenvalue weighted by molar-refractivity contribution is -0.0530. The van der Waals surface area contributed by atoms with Gasteiger partial charge in [0.15, 0.2) is 0 Å². The highest BCUT2D eigenvalue weighted by Crippen LogP contribution is 2.47. The van der Waals surface area contributed by atoms with Crippen LogP contribution in [0, 0.1) is 0 Å². The van der Waals surface area contributed by atoms with Crippen molar-refractivity contribution >= 4 is 11.6 Å². The van der Waals surface area contributed by atoms with Gasteiger partial charge in [-0.1, -0.05) is 11.6 Å². The van der Waals surface area contributed by atoms with E-state index < -0.39 is 18.1 Å². The molecule has 3 nitrogen and oxygen atoms in total. The molecule has 2 rings (SSSR count). The summed E-state index contributed by atoms with van der Waals surface area (Å²) < 4.78 is 29.2. The van der Waals surface area contributed by atoms with Crippen molar-refractivity contribution in [2.45, 2.75) is 31.0 Å². The summed E-state index contributed by atoms with van der Waals surface area (Å²) in [7, 11) is 0. The maximum atomic E-state index is 12.4. The molecule has 18 heavy (non-hydrogen) atoms. The minimum absolute atomic E-state index is 0.0757. The van der Waals surface area contributed by atoms with E-state index in [0.29, 0.717) is 23.4 Å². The Balaban J connectivity index is 2.38. The highest BCUT2D eigenvalue weighted by atomic mass is 35.5. The first-order chi connectivity index (χ1) is 8.47. The van der Waals surface area contributed by atoms with Gasteiger partial charge in [-0.2, -0.15) is 8.78 Å². The fourth-order valence-electron chi connectivity index (χ4n) is 2.45. The smallest absolute Gasteiger partial charge is 0.387 e. The average Bonchev–Trinajstić information content (AvgIpc) is 2.26. The standard InChI is InChI=1S/C12H14ClF2NO2/c13-7-1-2-10(18-11(14)15)9(3-7)12(6-16)4-8(17)5-12/h1-3,8,11,17H,4-6,16H2. The molecule has 0 bridgehead atoms. The van der Waals surface area contributed by atoms with Gasteiger partial charge in [0.05, 0.1) is 6.10 Å². The molecule has 1 aromatic rings. The molecule has 0 aliphatic heterocycles. The van der Waals surface area contributed by atoms with E-state index in [1.807, 2.05) is 0 Å². The summed E-state index contributed by atoms with van der Waals surface area (Å²) in [5.74, 6) is 0.0757. The Morgan fingerprint density at radius 1 is 1.50 bits per heavy atom. The van der Waals surface area contributed by atoms with Crippen LogP contribution in [0.5, 0.6) is 5.75 Å². The van der Waals surface area contributed by atoms with Gasteiger partial charge in [-0.05, 0) is 31.0 Å². The molecule has 0 spiro atoms. The predicted molar refractivity (Wildman–Crippen MR) is 64.1 cm³/mol. The van der Waals surface area contributed by atoms with Gasteiger partial charge in [0, 0.05) is 22.5 Å². The largest absolute Gasteiger partial charge is 0.435 e. The average molecular weight is 278 g/mol. The Kier molecular flexibility index (Phi) is 3.75. The molecule has 0 saturated heterocycles. The van der Waals surface area contributed by atoms with Crippen LogP contribution in [-0.2, 0) is 5.41 Å². The predicted octanol–water partition coefficient (Wildman–Crippen LogP) is 2.29. The fraction of sp³-hybridized carbons (Fsp3) is 0.500. The normalized spacial score (nSPS) is 27.1. The monoisotopic (exact) mass is 277 g/mol. The molecule has 3 N–H and O–H groups in total. The number of aliphatic hydroxyl groups is 1. The number of alkyl halides is 2. The zero-order chi connectivity index (χ0) is 13.3. The van der Waals surface area contributed by atoms with Crippen molar-refractivity contribution in [1.82, 2.24) is 0 Å². The summed E-state index contributed by atoms with van der Waals surface area (Å²) in [4.78, 5) is 0. The Labute approximate surface area is 108 Å². The van der Waals surface area contributed by atoms with Crippen LogP contribution in [0.4, 0.5) is 8.78 Å². The molecule has 0 unspecified atom stereocenters. The number of hydrogen-bond acceptors (Lipinski definition) is 3. The van der Waals surface area contributed by atoms with Crippen LogP contribution in [0.15, 0.2) is 18.2 Å². The first-order valence-electron chi connectivity index (χ1n) is 5.60. The van der Waals surface area contributed by atoms with Crippen LogP contribution in [-0.4, -0.2) is 24.4 Å². The van der Waals surface area contributed by atoms with Crippen LogP contribution in [0.2, 0.25) is 5.02 Å². The molecule has 0 radical (unpaired) electrons. The summed E-state index contributed by atoms with van der Waals surface area (Å²) in [6, 6.07) is 4.48. The van der Waals surface area contributed by atoms with Gasteiger partial charge in [0.1, 0.15) is 5.75 Å². The Morgan fingerprint density at radius 3 is 2.67 bits per heavy atom. The van der Waals surface area contributed by atoms with E-state index in [2.05, 4.69) is 4.74 Å². The zero-order valence-electron chi connectivity index (χ0n) is 9.57. The third kappa shape index (κ3) is 2.43. The number of halogens is 3. The van der Waals surface area contributed by atoms with Crippen molar-refractivity contribution in [3.05, 3.63) is 28.8 Å². The third-order valence-electron chi connectivity index (χ3n) is 3.37. The summed E-state index contributed by atoms with van der Waals surface area (Å²) >= 11 is 5.89. The first kappa shape index (κ1) is 13.5. The molecule has 0 aromatic heterocycles. The van der Waals surface area contributed by atoms with E-state index in [1.165, 1.54) is 12.1 Å². The lowest BCUT2D eigenvalue weighted by Gasteiger charge is -2.45. The maximum absolute atomic E-state index is 12.4. The highest BCUT2D eigenvalue weighted by molar-refractivity contribution is 6.30. The molecule has 0 atom stereocenters. The second-order valence-corrected chi connectivity index (χ2v) is 5.00. The van der Waals surface area contributed by atoms with E-state index in [0.717, 1.165) is 0 Å². The second-order valence-electron chi connectivity index (χ2n) is 4.57. The van der Waals surface area contributed by atoms with Crippen LogP contribution in [0.25, 0.3) is 0 Å². The molecule has 1 aliphatic carbocycles. The Bertz CT molecular complexity index is 436. The SMILES string of the molecule is NCC1(c2cc(Cl)ccc2OC(F)F)CC(O)C1. The van der Waals surface area contributed by atoms with Gasteiger partial charge in [-0.15, -0.1) is 0 Å². The molecule has 1 saturated carbocycles. The van der Waals surface area contributed by atoms with Gasteiger partial charge >= 0.3 is 6.61 Å². The maximum Gasteiger partial charge on any atom is 0.387 e. The van der Waals surface area contributed by atoms with Crippen LogP contribution in [0.1, 0.15) is 18.4 Å². The molecule has 1 aromatic carbocycles. The van der Waals surface area contributed by atoms with E-state index in [9.17, 15) is 13.9 Å². The van der Waals surface area contributed by atoms with Crippen LogP contribution >= 0.6 is 11.6 Å². The summed E-state index contributed by atoms with van der Waals surface area (Å²) in [5, 5.41) is 9.87. The van der Waals surface area contributed by atoms with Crippen LogP contribution < -0.4 is 10.5 Å². The molecule has 1 fully saturated rings. The van der Waals surface area contributed by atoms with Crippen LogP contribution in [0.3, 0.4) is 0 Å². The number of nitrogens with two attached hydrogens (primary N) is 1. The number of ether oxygens (including phenoxy) is 1. The van der Waals surface area contributed by atoms with E-state index in [4.69, 9.17) is 17.3 Å². The Morgan fingerprint density at radius 2 is 2.17 bits per heavy atom. The fourth-order valence-corrected chi connectivity index (χ4v) is 2.63. The molecule has 0 amide bonds. The van der Waals surface area contributed by atoms with E-state index in [1.54, 1.807) is 6.07 Å². The third-order valence-corrected chi connectivity index (χ3v) is 3.61. The van der Waals surface area contributed by atoms with Crippen molar-refractivity contribution in [2.24, 2.45) is 5.73 Å². The van der Waals surface area contributed by atoms with Gasteiger partial charge in [0.25, 0.3) is 0 Å². The number of hydrogen-bond donors (Lipinski definition) is 2. The topological polar surface area (TPSA) is 55.5 Å². The van der Waals surface area contributed by atoms with Gasteiger partial charge in [0.2, 0.25) is 0 Å². The highest BCUT2D eigenvalue weighted by Gasteiger charge is 2.45. The van der Waals surface area contributed by atoms with Crippen molar-refractivity contribution < 1.29 is 18.6 Å². The summed E-state index contributed by atoms with van der Waals surface area (Å²) in [5.41, 5.74) is 5.74. The van der Waals surface area contributed by atoms with Gasteiger partial charge < -0.3 is 15.6 Å². The lowest BCUT2D eigenvalue weighted by atomic mass is 9.62.